The van der Waals surface area contributed by atoms with Crippen molar-refractivity contribution < 1.29 is 24.2 Å². The Morgan fingerprint density at radius 2 is 1.71 bits per heavy atom. The second-order valence-corrected chi connectivity index (χ2v) is 9.06. The molecule has 0 saturated heterocycles. The summed E-state index contributed by atoms with van der Waals surface area (Å²) in [5, 5.41) is 14.8. The van der Waals surface area contributed by atoms with Gasteiger partial charge in [0, 0.05) is 24.3 Å². The van der Waals surface area contributed by atoms with Crippen LogP contribution in [0.1, 0.15) is 56.1 Å². The van der Waals surface area contributed by atoms with Crippen molar-refractivity contribution in [2.45, 2.75) is 57.0 Å². The van der Waals surface area contributed by atoms with Crippen LogP contribution in [0, 0.1) is 17.8 Å². The van der Waals surface area contributed by atoms with Crippen LogP contribution in [0.5, 0.6) is 0 Å². The fraction of sp³-hybridized carbons (Fsp3) is 0.393. The molecule has 0 aliphatic heterocycles. The molecule has 0 spiro atoms. The molecule has 2 aromatic rings. The third-order valence-electron chi connectivity index (χ3n) is 6.81. The SMILES string of the molecule is CC#CCC(NC(=O)[C@@H]1CCC[C@H](NC(=O)OCC2c3ccccc3-c3ccccc32)C1)C(=O)O. The molecular weight excluding hydrogens is 444 g/mol. The lowest BCUT2D eigenvalue weighted by Crippen LogP contribution is -2.47. The van der Waals surface area contributed by atoms with Crippen LogP contribution in [0.4, 0.5) is 4.79 Å². The molecule has 2 aliphatic rings. The standard InChI is InChI=1S/C28H30N2O5/c1-2-3-15-25(27(32)33)30-26(31)18-9-8-10-19(16-18)29-28(34)35-17-24-22-13-6-4-11-20(22)21-12-5-7-14-23(21)24/h4-7,11-14,18-19,24-25H,8-10,15-17H2,1H3,(H,29,34)(H,30,31)(H,32,33)/t18-,19+,25?/m1/s1. The molecule has 3 N–H and O–H groups in total. The van der Waals surface area contributed by atoms with E-state index in [0.717, 1.165) is 24.0 Å². The fourth-order valence-corrected chi connectivity index (χ4v) is 5.06. The van der Waals surface area contributed by atoms with E-state index in [1.807, 2.05) is 24.3 Å². The average Bonchev–Trinajstić information content (AvgIpc) is 3.19. The number of carboxylic acids is 1. The normalized spacial score (nSPS) is 19.3. The van der Waals surface area contributed by atoms with Gasteiger partial charge in [-0.2, -0.15) is 0 Å². The summed E-state index contributed by atoms with van der Waals surface area (Å²) in [6.07, 6.45) is 2.17. The lowest BCUT2D eigenvalue weighted by Gasteiger charge is -2.29. The van der Waals surface area contributed by atoms with E-state index in [9.17, 15) is 19.5 Å². The summed E-state index contributed by atoms with van der Waals surface area (Å²) < 4.78 is 5.63. The molecule has 182 valence electrons. The molecule has 0 radical (unpaired) electrons. The van der Waals surface area contributed by atoms with Gasteiger partial charge in [0.15, 0.2) is 0 Å². The zero-order valence-corrected chi connectivity index (χ0v) is 19.8. The number of carbonyl (C=O) groups is 3. The summed E-state index contributed by atoms with van der Waals surface area (Å²) in [5.41, 5.74) is 4.64. The largest absolute Gasteiger partial charge is 0.480 e. The number of hydrogen-bond acceptors (Lipinski definition) is 4. The zero-order chi connectivity index (χ0) is 24.8. The van der Waals surface area contributed by atoms with Gasteiger partial charge in [0.05, 0.1) is 0 Å². The van der Waals surface area contributed by atoms with Crippen molar-refractivity contribution in [2.75, 3.05) is 6.61 Å². The number of benzene rings is 2. The number of amides is 2. The van der Waals surface area contributed by atoms with E-state index < -0.39 is 18.1 Å². The Morgan fingerprint density at radius 1 is 1.06 bits per heavy atom. The number of ether oxygens (including phenoxy) is 1. The summed E-state index contributed by atoms with van der Waals surface area (Å²) in [6, 6.07) is 15.1. The number of carboxylic acid groups (broad SMARTS) is 1. The molecule has 2 aromatic carbocycles. The van der Waals surface area contributed by atoms with E-state index in [1.165, 1.54) is 11.1 Å². The van der Waals surface area contributed by atoms with E-state index in [2.05, 4.69) is 46.7 Å². The maximum Gasteiger partial charge on any atom is 0.407 e. The van der Waals surface area contributed by atoms with Crippen molar-refractivity contribution in [2.24, 2.45) is 5.92 Å². The quantitative estimate of drug-likeness (QED) is 0.525. The highest BCUT2D eigenvalue weighted by atomic mass is 16.5. The third-order valence-corrected chi connectivity index (χ3v) is 6.81. The van der Waals surface area contributed by atoms with E-state index in [0.29, 0.717) is 12.8 Å². The monoisotopic (exact) mass is 474 g/mol. The molecule has 2 amide bonds. The average molecular weight is 475 g/mol. The first-order valence-electron chi connectivity index (χ1n) is 12.0. The van der Waals surface area contributed by atoms with Crippen molar-refractivity contribution in [3.63, 3.8) is 0 Å². The van der Waals surface area contributed by atoms with Crippen molar-refractivity contribution in [3.05, 3.63) is 59.7 Å². The van der Waals surface area contributed by atoms with Crippen LogP contribution in [0.25, 0.3) is 11.1 Å². The number of rotatable bonds is 7. The smallest absolute Gasteiger partial charge is 0.407 e. The topological polar surface area (TPSA) is 105 Å². The molecule has 1 fully saturated rings. The summed E-state index contributed by atoms with van der Waals surface area (Å²) in [7, 11) is 0. The molecule has 3 atom stereocenters. The fourth-order valence-electron chi connectivity index (χ4n) is 5.06. The molecule has 7 heteroatoms. The number of hydrogen-bond donors (Lipinski definition) is 3. The van der Waals surface area contributed by atoms with Gasteiger partial charge in [-0.25, -0.2) is 9.59 Å². The van der Waals surface area contributed by atoms with Crippen LogP contribution in [-0.4, -0.2) is 41.8 Å². The summed E-state index contributed by atoms with van der Waals surface area (Å²) >= 11 is 0. The minimum absolute atomic E-state index is 0.0165. The van der Waals surface area contributed by atoms with E-state index in [1.54, 1.807) is 6.92 Å². The van der Waals surface area contributed by atoms with Crippen LogP contribution >= 0.6 is 0 Å². The van der Waals surface area contributed by atoms with Gasteiger partial charge in [-0.1, -0.05) is 55.0 Å². The third kappa shape index (κ3) is 5.65. The molecule has 1 saturated carbocycles. The predicted molar refractivity (Wildman–Crippen MR) is 132 cm³/mol. The van der Waals surface area contributed by atoms with E-state index in [4.69, 9.17) is 4.74 Å². The van der Waals surface area contributed by atoms with Gasteiger partial charge in [-0.05, 0) is 48.4 Å². The summed E-state index contributed by atoms with van der Waals surface area (Å²) in [6.45, 7) is 1.86. The van der Waals surface area contributed by atoms with E-state index >= 15 is 0 Å². The molecule has 35 heavy (non-hydrogen) atoms. The minimum atomic E-state index is -1.11. The predicted octanol–water partition coefficient (Wildman–Crippen LogP) is 4.07. The number of fused-ring (bicyclic) bond motifs is 3. The molecule has 1 unspecified atom stereocenters. The second kappa shape index (κ2) is 11.1. The Bertz CT molecular complexity index is 1120. The van der Waals surface area contributed by atoms with Crippen molar-refractivity contribution in [1.29, 1.82) is 0 Å². The lowest BCUT2D eigenvalue weighted by atomic mass is 9.85. The highest BCUT2D eigenvalue weighted by molar-refractivity contribution is 5.85. The van der Waals surface area contributed by atoms with Gasteiger partial charge < -0.3 is 20.5 Å². The van der Waals surface area contributed by atoms with Crippen LogP contribution in [0.3, 0.4) is 0 Å². The van der Waals surface area contributed by atoms with Crippen LogP contribution < -0.4 is 10.6 Å². The van der Waals surface area contributed by atoms with E-state index in [-0.39, 0.29) is 36.8 Å². The van der Waals surface area contributed by atoms with Crippen LogP contribution in [-0.2, 0) is 14.3 Å². The van der Waals surface area contributed by atoms with Crippen molar-refractivity contribution in [3.8, 4) is 23.0 Å². The Balaban J connectivity index is 1.31. The number of carbonyl (C=O) groups excluding carboxylic acids is 2. The van der Waals surface area contributed by atoms with Gasteiger partial charge in [-0.3, -0.25) is 4.79 Å². The first-order valence-corrected chi connectivity index (χ1v) is 12.0. The van der Waals surface area contributed by atoms with Gasteiger partial charge in [-0.15, -0.1) is 11.8 Å². The molecule has 0 aromatic heterocycles. The zero-order valence-electron chi connectivity index (χ0n) is 19.8. The molecule has 0 heterocycles. The Hall–Kier alpha value is -3.79. The second-order valence-electron chi connectivity index (χ2n) is 9.06. The highest BCUT2D eigenvalue weighted by Crippen LogP contribution is 2.44. The number of aliphatic carboxylic acids is 1. The molecular formula is C28H30N2O5. The lowest BCUT2D eigenvalue weighted by molar-refractivity contribution is -0.142. The Morgan fingerprint density at radius 3 is 2.34 bits per heavy atom. The van der Waals surface area contributed by atoms with Crippen molar-refractivity contribution >= 4 is 18.0 Å². The molecule has 0 bridgehead atoms. The Kier molecular flexibility index (Phi) is 7.71. The Labute approximate surface area is 205 Å². The maximum atomic E-state index is 12.7. The van der Waals surface area contributed by atoms with Gasteiger partial charge >= 0.3 is 12.1 Å². The van der Waals surface area contributed by atoms with Crippen LogP contribution in [0.15, 0.2) is 48.5 Å². The van der Waals surface area contributed by atoms with Crippen LogP contribution in [0.2, 0.25) is 0 Å². The van der Waals surface area contributed by atoms with Gasteiger partial charge in [0.25, 0.3) is 0 Å². The first-order chi connectivity index (χ1) is 17.0. The number of nitrogens with one attached hydrogen (secondary N) is 2. The first kappa shape index (κ1) is 24.3. The van der Waals surface area contributed by atoms with Gasteiger partial charge in [0.1, 0.15) is 12.6 Å². The molecule has 4 rings (SSSR count). The number of alkyl carbamates (subject to hydrolysis) is 1. The minimum Gasteiger partial charge on any atom is -0.480 e. The summed E-state index contributed by atoms with van der Waals surface area (Å²) in [5.74, 6) is 3.56. The molecule has 7 nitrogen and oxygen atoms in total. The van der Waals surface area contributed by atoms with Crippen molar-refractivity contribution in [1.82, 2.24) is 10.6 Å². The summed E-state index contributed by atoms with van der Waals surface area (Å²) in [4.78, 5) is 36.7. The maximum absolute atomic E-state index is 12.7. The van der Waals surface area contributed by atoms with Gasteiger partial charge in [0.2, 0.25) is 5.91 Å². The molecule has 2 aliphatic carbocycles. The highest BCUT2D eigenvalue weighted by Gasteiger charge is 2.32.